The van der Waals surface area contributed by atoms with E-state index in [0.717, 1.165) is 6.42 Å². The Kier molecular flexibility index (Phi) is 3.28. The van der Waals surface area contributed by atoms with E-state index >= 15 is 0 Å². The molecule has 0 aromatic carbocycles. The molecular formula is C10H14O4. The van der Waals surface area contributed by atoms with Gasteiger partial charge in [-0.2, -0.15) is 0 Å². The Labute approximate surface area is 82.9 Å². The van der Waals surface area contributed by atoms with Crippen molar-refractivity contribution in [2.75, 3.05) is 7.11 Å². The van der Waals surface area contributed by atoms with E-state index in [1.54, 1.807) is 0 Å². The van der Waals surface area contributed by atoms with Crippen molar-refractivity contribution < 1.29 is 19.1 Å². The first kappa shape index (κ1) is 10.8. The van der Waals surface area contributed by atoms with Crippen molar-refractivity contribution >= 4 is 11.9 Å². The van der Waals surface area contributed by atoms with Gasteiger partial charge in [-0.05, 0) is 6.42 Å². The number of hydrogen-bond acceptors (Lipinski definition) is 4. The average Bonchev–Trinajstić information content (AvgIpc) is 2.57. The Morgan fingerprint density at radius 3 is 2.79 bits per heavy atom. The zero-order chi connectivity index (χ0) is 10.7. The van der Waals surface area contributed by atoms with Crippen LogP contribution in [-0.4, -0.2) is 25.2 Å². The maximum Gasteiger partial charge on any atom is 0.334 e. The van der Waals surface area contributed by atoms with Crippen LogP contribution in [0.15, 0.2) is 12.2 Å². The van der Waals surface area contributed by atoms with Crippen LogP contribution in [0.4, 0.5) is 0 Å². The summed E-state index contributed by atoms with van der Waals surface area (Å²) < 4.78 is 9.53. The van der Waals surface area contributed by atoms with E-state index in [1.807, 2.05) is 6.92 Å². The normalized spacial score (nSPS) is 25.7. The monoisotopic (exact) mass is 198 g/mol. The number of esters is 2. The van der Waals surface area contributed by atoms with Crippen molar-refractivity contribution in [3.05, 3.63) is 12.2 Å². The second kappa shape index (κ2) is 4.26. The minimum Gasteiger partial charge on any atom is -0.466 e. The van der Waals surface area contributed by atoms with Gasteiger partial charge in [0.1, 0.15) is 6.10 Å². The molecule has 4 heteroatoms. The van der Waals surface area contributed by atoms with Crippen LogP contribution in [0.5, 0.6) is 0 Å². The predicted molar refractivity (Wildman–Crippen MR) is 49.4 cm³/mol. The third-order valence-corrected chi connectivity index (χ3v) is 2.39. The van der Waals surface area contributed by atoms with Gasteiger partial charge in [-0.1, -0.05) is 13.5 Å². The van der Waals surface area contributed by atoms with Crippen molar-refractivity contribution in [2.24, 2.45) is 5.92 Å². The van der Waals surface area contributed by atoms with Gasteiger partial charge in [-0.15, -0.1) is 0 Å². The summed E-state index contributed by atoms with van der Waals surface area (Å²) >= 11 is 0. The molecule has 0 bridgehead atoms. The lowest BCUT2D eigenvalue weighted by atomic mass is 9.96. The summed E-state index contributed by atoms with van der Waals surface area (Å²) in [4.78, 5) is 22.4. The largest absolute Gasteiger partial charge is 0.466 e. The van der Waals surface area contributed by atoms with E-state index in [2.05, 4.69) is 11.3 Å². The van der Waals surface area contributed by atoms with Crippen LogP contribution in [0.1, 0.15) is 19.8 Å². The maximum atomic E-state index is 11.3. The number of hydrogen-bond donors (Lipinski definition) is 0. The highest BCUT2D eigenvalue weighted by Gasteiger charge is 2.37. The summed E-state index contributed by atoms with van der Waals surface area (Å²) in [6.07, 6.45) is 1.20. The maximum absolute atomic E-state index is 11.3. The van der Waals surface area contributed by atoms with Crippen LogP contribution in [-0.2, 0) is 19.1 Å². The van der Waals surface area contributed by atoms with Crippen LogP contribution in [0.25, 0.3) is 0 Å². The lowest BCUT2D eigenvalue weighted by molar-refractivity contribution is -0.146. The van der Waals surface area contributed by atoms with Crippen molar-refractivity contribution in [1.29, 1.82) is 0 Å². The fraction of sp³-hybridized carbons (Fsp3) is 0.600. The van der Waals surface area contributed by atoms with Gasteiger partial charge >= 0.3 is 11.9 Å². The first-order chi connectivity index (χ1) is 6.60. The van der Waals surface area contributed by atoms with Crippen LogP contribution in [0, 0.1) is 5.92 Å². The van der Waals surface area contributed by atoms with Crippen molar-refractivity contribution in [1.82, 2.24) is 0 Å². The molecule has 1 saturated heterocycles. The summed E-state index contributed by atoms with van der Waals surface area (Å²) in [6.45, 7) is 5.48. The highest BCUT2D eigenvalue weighted by molar-refractivity contribution is 5.95. The van der Waals surface area contributed by atoms with Crippen molar-refractivity contribution in [3.63, 3.8) is 0 Å². The second-order valence-electron chi connectivity index (χ2n) is 3.27. The van der Waals surface area contributed by atoms with E-state index < -0.39 is 11.9 Å². The molecule has 0 amide bonds. The quantitative estimate of drug-likeness (QED) is 0.502. The Morgan fingerprint density at radius 1 is 1.71 bits per heavy atom. The molecule has 1 fully saturated rings. The molecular weight excluding hydrogens is 184 g/mol. The molecule has 0 aromatic rings. The number of carbonyl (C=O) groups excluding carboxylic acids is 2. The first-order valence-corrected chi connectivity index (χ1v) is 4.57. The Balaban J connectivity index is 2.66. The summed E-state index contributed by atoms with van der Waals surface area (Å²) in [6, 6.07) is 0. The summed E-state index contributed by atoms with van der Waals surface area (Å²) in [5.74, 6) is -1.43. The third-order valence-electron chi connectivity index (χ3n) is 2.39. The zero-order valence-electron chi connectivity index (χ0n) is 8.41. The van der Waals surface area contributed by atoms with Gasteiger partial charge in [0.2, 0.25) is 0 Å². The summed E-state index contributed by atoms with van der Waals surface area (Å²) in [5.41, 5.74) is 0.188. The molecule has 0 N–H and O–H groups in total. The third kappa shape index (κ3) is 1.95. The highest BCUT2D eigenvalue weighted by atomic mass is 16.6. The number of rotatable bonds is 3. The van der Waals surface area contributed by atoms with E-state index in [4.69, 9.17) is 4.74 Å². The smallest absolute Gasteiger partial charge is 0.334 e. The molecule has 78 valence electrons. The minimum atomic E-state index is -0.538. The van der Waals surface area contributed by atoms with Crippen LogP contribution in [0.2, 0.25) is 0 Å². The summed E-state index contributed by atoms with van der Waals surface area (Å²) in [5, 5.41) is 0. The zero-order valence-corrected chi connectivity index (χ0v) is 8.41. The predicted octanol–water partition coefficient (Wildman–Crippen LogP) is 1.06. The van der Waals surface area contributed by atoms with Gasteiger partial charge in [0.25, 0.3) is 0 Å². The molecule has 0 spiro atoms. The molecule has 0 unspecified atom stereocenters. The topological polar surface area (TPSA) is 52.6 Å². The van der Waals surface area contributed by atoms with Crippen LogP contribution >= 0.6 is 0 Å². The van der Waals surface area contributed by atoms with E-state index in [0.29, 0.717) is 6.42 Å². The molecule has 2 atom stereocenters. The minimum absolute atomic E-state index is 0.0890. The van der Waals surface area contributed by atoms with E-state index in [9.17, 15) is 9.59 Å². The molecule has 0 aliphatic carbocycles. The van der Waals surface area contributed by atoms with Gasteiger partial charge in [0.05, 0.1) is 13.0 Å². The number of carbonyl (C=O) groups is 2. The lowest BCUT2D eigenvalue weighted by Gasteiger charge is -2.06. The van der Waals surface area contributed by atoms with E-state index in [1.165, 1.54) is 7.11 Å². The van der Waals surface area contributed by atoms with Crippen molar-refractivity contribution in [3.8, 4) is 0 Å². The van der Waals surface area contributed by atoms with Crippen LogP contribution in [0.3, 0.4) is 0 Å². The lowest BCUT2D eigenvalue weighted by Crippen LogP contribution is -2.17. The van der Waals surface area contributed by atoms with Gasteiger partial charge in [0.15, 0.2) is 0 Å². The molecule has 0 aromatic heterocycles. The SMILES string of the molecule is C=C(C(=O)OC)[C@@H]1C[C@H](CC)OC1=O. The fourth-order valence-corrected chi connectivity index (χ4v) is 1.46. The molecule has 1 aliphatic heterocycles. The van der Waals surface area contributed by atoms with Crippen molar-refractivity contribution in [2.45, 2.75) is 25.9 Å². The van der Waals surface area contributed by atoms with Gasteiger partial charge in [-0.3, -0.25) is 4.79 Å². The van der Waals surface area contributed by atoms with Crippen LogP contribution < -0.4 is 0 Å². The molecule has 0 saturated carbocycles. The molecule has 1 aliphatic rings. The van der Waals surface area contributed by atoms with Gasteiger partial charge < -0.3 is 9.47 Å². The van der Waals surface area contributed by atoms with Gasteiger partial charge in [-0.25, -0.2) is 4.79 Å². The molecule has 0 radical (unpaired) electrons. The first-order valence-electron chi connectivity index (χ1n) is 4.57. The molecule has 4 nitrogen and oxygen atoms in total. The number of cyclic esters (lactones) is 1. The van der Waals surface area contributed by atoms with Gasteiger partial charge in [0, 0.05) is 12.0 Å². The van der Waals surface area contributed by atoms with E-state index in [-0.39, 0.29) is 17.6 Å². The second-order valence-corrected chi connectivity index (χ2v) is 3.27. The number of methoxy groups -OCH3 is 1. The average molecular weight is 198 g/mol. The highest BCUT2D eigenvalue weighted by Crippen LogP contribution is 2.28. The Bertz CT molecular complexity index is 269. The molecule has 1 rings (SSSR count). The Hall–Kier alpha value is -1.32. The fourth-order valence-electron chi connectivity index (χ4n) is 1.46. The number of ether oxygens (including phenoxy) is 2. The summed E-state index contributed by atoms with van der Waals surface area (Å²) in [7, 11) is 1.27. The Morgan fingerprint density at radius 2 is 2.36 bits per heavy atom. The molecule has 14 heavy (non-hydrogen) atoms. The standard InChI is InChI=1S/C10H14O4/c1-4-7-5-8(10(12)14-7)6(2)9(11)13-3/h7-8H,2,4-5H2,1,3H3/t7-,8-/m0/s1. The molecule has 1 heterocycles.